The molecule has 3 aromatic carbocycles. The lowest BCUT2D eigenvalue weighted by molar-refractivity contribution is -0.118. The molecule has 3 N–H and O–H groups in total. The Morgan fingerprint density at radius 3 is 2.37 bits per heavy atom. The van der Waals surface area contributed by atoms with Crippen molar-refractivity contribution in [3.8, 4) is 22.6 Å². The third-order valence-electron chi connectivity index (χ3n) is 7.00. The summed E-state index contributed by atoms with van der Waals surface area (Å²) in [5.74, 6) is 1.17. The molecule has 0 spiro atoms. The van der Waals surface area contributed by atoms with E-state index in [1.165, 1.54) is 6.42 Å². The number of aliphatic hydroxyl groups is 1. The molecule has 3 aromatic rings. The summed E-state index contributed by atoms with van der Waals surface area (Å²) >= 11 is -2.26. The number of rotatable bonds is 8. The number of aliphatic hydroxyl groups excluding tert-OH is 1. The molecule has 1 heterocycles. The minimum atomic E-state index is -2.26. The summed E-state index contributed by atoms with van der Waals surface area (Å²) in [6, 6.07) is 20.1. The van der Waals surface area contributed by atoms with Crippen molar-refractivity contribution in [2.75, 3.05) is 32.7 Å². The van der Waals surface area contributed by atoms with Crippen LogP contribution in [0.15, 0.2) is 71.6 Å². The summed E-state index contributed by atoms with van der Waals surface area (Å²) in [6.07, 6.45) is 3.91. The first kappa shape index (κ1) is 27.8. The molecule has 1 saturated heterocycles. The second-order valence-electron chi connectivity index (χ2n) is 9.42. The van der Waals surface area contributed by atoms with E-state index in [4.69, 9.17) is 14.6 Å². The summed E-state index contributed by atoms with van der Waals surface area (Å²) < 4.78 is 32.8. The summed E-state index contributed by atoms with van der Waals surface area (Å²) in [7, 11) is 3.16. The van der Waals surface area contributed by atoms with Gasteiger partial charge in [-0.05, 0) is 96.4 Å². The van der Waals surface area contributed by atoms with E-state index >= 15 is 0 Å². The van der Waals surface area contributed by atoms with E-state index in [1.807, 2.05) is 42.5 Å². The Bertz CT molecular complexity index is 1290. The van der Waals surface area contributed by atoms with Gasteiger partial charge in [0.05, 0.1) is 26.2 Å². The van der Waals surface area contributed by atoms with Crippen LogP contribution in [0.1, 0.15) is 35.5 Å². The Balaban J connectivity index is 0.000000739. The van der Waals surface area contributed by atoms with Gasteiger partial charge in [0.2, 0.25) is 5.91 Å². The molecule has 1 unspecified atom stereocenters. The Kier molecular flexibility index (Phi) is 9.17. The Morgan fingerprint density at radius 1 is 1.08 bits per heavy atom. The normalized spacial score (nSPS) is 18.1. The molecule has 208 valence electrons. The fraction of sp³-hybridized carbons (Fsp3) is 0.345. The van der Waals surface area contributed by atoms with E-state index in [1.54, 1.807) is 38.5 Å². The van der Waals surface area contributed by atoms with Crippen molar-refractivity contribution in [3.63, 3.8) is 0 Å². The number of carbonyl (C=O) groups excluding carboxylic acids is 1. The number of ether oxygens (including phenoxy) is 2. The van der Waals surface area contributed by atoms with Gasteiger partial charge in [0.15, 0.2) is 11.5 Å². The Morgan fingerprint density at radius 2 is 1.82 bits per heavy atom. The molecule has 2 fully saturated rings. The van der Waals surface area contributed by atoms with Crippen LogP contribution >= 0.6 is 0 Å². The van der Waals surface area contributed by atoms with Crippen molar-refractivity contribution in [3.05, 3.63) is 72.3 Å². The average molecular weight is 544 g/mol. The van der Waals surface area contributed by atoms with Gasteiger partial charge in [0, 0.05) is 20.9 Å². The zero-order valence-electron chi connectivity index (χ0n) is 21.6. The first-order valence-electron chi connectivity index (χ1n) is 12.6. The van der Waals surface area contributed by atoms with Crippen LogP contribution in [0, 0.1) is 0 Å². The summed E-state index contributed by atoms with van der Waals surface area (Å²) in [5, 5.41) is 14.7. The molecule has 0 radical (unpaired) electrons. The largest absolute Gasteiger partial charge is 0.768 e. The third-order valence-corrected chi connectivity index (χ3v) is 7.66. The van der Waals surface area contributed by atoms with Gasteiger partial charge < -0.3 is 29.8 Å². The lowest BCUT2D eigenvalue weighted by atomic mass is 9.94. The van der Waals surface area contributed by atoms with E-state index < -0.39 is 16.5 Å². The predicted octanol–water partition coefficient (Wildman–Crippen LogP) is 4.75. The fourth-order valence-corrected chi connectivity index (χ4v) is 4.96. The number of methoxy groups -OCH3 is 2. The van der Waals surface area contributed by atoms with Crippen molar-refractivity contribution in [1.29, 1.82) is 0 Å². The number of nitrogens with one attached hydrogen (secondary N) is 2. The molecule has 9 heteroatoms. The quantitative estimate of drug-likeness (QED) is 0.351. The van der Waals surface area contributed by atoms with E-state index in [2.05, 4.69) is 10.6 Å². The number of anilines is 1. The van der Waals surface area contributed by atoms with Crippen LogP contribution in [-0.2, 0) is 21.3 Å². The highest BCUT2D eigenvalue weighted by Gasteiger charge is 2.51. The van der Waals surface area contributed by atoms with Crippen molar-refractivity contribution in [2.24, 2.45) is 0 Å². The Hall–Kier alpha value is -3.24. The number of benzene rings is 3. The van der Waals surface area contributed by atoms with E-state index in [0.717, 1.165) is 42.5 Å². The van der Waals surface area contributed by atoms with Crippen LogP contribution in [0.3, 0.4) is 0 Å². The highest BCUT2D eigenvalue weighted by atomic mass is 32.2. The molecular weight excluding hydrogens is 504 g/mol. The zero-order chi connectivity index (χ0) is 27.1. The third kappa shape index (κ3) is 6.42. The smallest absolute Gasteiger partial charge is 0.235 e. The van der Waals surface area contributed by atoms with Crippen molar-refractivity contribution in [2.45, 2.75) is 42.0 Å². The van der Waals surface area contributed by atoms with Gasteiger partial charge in [-0.25, -0.2) is 0 Å². The molecule has 1 aliphatic carbocycles. The number of hydrogen-bond acceptors (Lipinski definition) is 7. The molecule has 2 aliphatic rings. The maximum atomic E-state index is 13.2. The summed E-state index contributed by atoms with van der Waals surface area (Å²) in [6.45, 7) is 1.39. The van der Waals surface area contributed by atoms with Crippen LogP contribution in [0.2, 0.25) is 0 Å². The van der Waals surface area contributed by atoms with E-state index in [0.29, 0.717) is 29.8 Å². The highest BCUT2D eigenvalue weighted by molar-refractivity contribution is 7.79. The predicted molar refractivity (Wildman–Crippen MR) is 153 cm³/mol. The van der Waals surface area contributed by atoms with Crippen LogP contribution in [0.5, 0.6) is 11.5 Å². The Labute approximate surface area is 230 Å². The average Bonchev–Trinajstić information content (AvgIpc) is 3.60. The molecule has 1 saturated carbocycles. The lowest BCUT2D eigenvalue weighted by Gasteiger charge is -2.18. The van der Waals surface area contributed by atoms with Gasteiger partial charge in [-0.1, -0.05) is 30.3 Å². The van der Waals surface area contributed by atoms with E-state index in [-0.39, 0.29) is 15.1 Å². The first-order chi connectivity index (χ1) is 18.4. The first-order valence-corrected chi connectivity index (χ1v) is 13.7. The van der Waals surface area contributed by atoms with Crippen LogP contribution in [0.25, 0.3) is 11.1 Å². The van der Waals surface area contributed by atoms with Gasteiger partial charge in [-0.15, -0.1) is 0 Å². The maximum Gasteiger partial charge on any atom is 0.235 e. The molecule has 38 heavy (non-hydrogen) atoms. The molecule has 2 atom stereocenters. The topological polar surface area (TPSA) is 120 Å². The molecule has 0 aromatic heterocycles. The summed E-state index contributed by atoms with van der Waals surface area (Å²) in [4.78, 5) is 13.4. The molecule has 1 amide bonds. The molecule has 5 rings (SSSR count). The second-order valence-corrected chi connectivity index (χ2v) is 10.4. The van der Waals surface area contributed by atoms with E-state index in [9.17, 15) is 13.6 Å². The second kappa shape index (κ2) is 12.5. The minimum absolute atomic E-state index is 0. The highest BCUT2D eigenvalue weighted by Crippen LogP contribution is 2.50. The maximum absolute atomic E-state index is 13.2. The monoisotopic (exact) mass is 543 g/mol. The van der Waals surface area contributed by atoms with Crippen molar-refractivity contribution < 1.29 is 32.4 Å². The molecule has 0 bridgehead atoms. The van der Waals surface area contributed by atoms with Crippen LogP contribution < -0.4 is 20.1 Å². The molecule has 1 aliphatic heterocycles. The van der Waals surface area contributed by atoms with Gasteiger partial charge >= 0.3 is 0 Å². The fourth-order valence-electron chi connectivity index (χ4n) is 4.60. The van der Waals surface area contributed by atoms with Crippen molar-refractivity contribution >= 4 is 22.7 Å². The van der Waals surface area contributed by atoms with Gasteiger partial charge in [-0.2, -0.15) is 0 Å². The van der Waals surface area contributed by atoms with Crippen LogP contribution in [-0.4, -0.2) is 53.2 Å². The van der Waals surface area contributed by atoms with Gasteiger partial charge in [0.1, 0.15) is 0 Å². The van der Waals surface area contributed by atoms with Gasteiger partial charge in [-0.3, -0.25) is 9.00 Å². The van der Waals surface area contributed by atoms with Crippen LogP contribution in [0.4, 0.5) is 5.69 Å². The van der Waals surface area contributed by atoms with Crippen molar-refractivity contribution in [1.82, 2.24) is 5.32 Å². The van der Waals surface area contributed by atoms with Gasteiger partial charge in [0.25, 0.3) is 0 Å². The molecule has 8 nitrogen and oxygen atoms in total. The summed E-state index contributed by atoms with van der Waals surface area (Å²) in [5.41, 5.74) is 2.77. The lowest BCUT2D eigenvalue weighted by Crippen LogP contribution is -2.27. The SMILES string of the molecule is COc1ccc(C2(C(=O)Nc3cccc(-c4ccc(S(=O)[O-])cc4)c3)CC2)cc1OC.OC[C@H]1CCCN1.[HH].[HH].[HH]. The molecular formula is C29H39N2O6S-. The number of carbonyl (C=O) groups is 1. The minimum Gasteiger partial charge on any atom is -0.768 e. The zero-order valence-corrected chi connectivity index (χ0v) is 22.4. The standard InChI is InChI=1S/C24H23NO5S.C5H11NO.3H2/c1-29-21-11-8-18(15-22(21)30-2)24(12-13-24)23(26)25-19-5-3-4-17(14-19)16-6-9-20(10-7-16)31(27)28;7-4-5-2-1-3-6-5;;;/h3-11,14-15H,12-13H2,1-2H3,(H,25,26)(H,27,28);5-7H,1-4H2;3*1H/p-1/t;5-;;;/m.1.../s1. The number of amides is 1. The number of hydrogen-bond donors (Lipinski definition) is 3.